The van der Waals surface area contributed by atoms with E-state index in [2.05, 4.69) is 26.1 Å². The summed E-state index contributed by atoms with van der Waals surface area (Å²) < 4.78 is 10.9. The Balaban J connectivity index is 1.55. The van der Waals surface area contributed by atoms with Crippen LogP contribution in [0.2, 0.25) is 0 Å². The lowest BCUT2D eigenvalue weighted by atomic mass is 10.1. The van der Waals surface area contributed by atoms with Crippen LogP contribution in [0.15, 0.2) is 42.7 Å². The highest BCUT2D eigenvalue weighted by Gasteiger charge is 2.29. The van der Waals surface area contributed by atoms with Gasteiger partial charge in [0.1, 0.15) is 11.6 Å². The molecule has 0 radical (unpaired) electrons. The molecule has 3 heterocycles. The fraction of sp³-hybridized carbons (Fsp3) is 0.381. The number of aromatic amines is 1. The molecule has 7 heteroatoms. The van der Waals surface area contributed by atoms with Crippen LogP contribution in [-0.2, 0) is 17.9 Å². The number of H-pyrrole nitrogens is 1. The van der Waals surface area contributed by atoms with E-state index in [-0.39, 0.29) is 6.04 Å². The molecule has 1 aliphatic heterocycles. The first-order valence-electron chi connectivity index (χ1n) is 9.50. The summed E-state index contributed by atoms with van der Waals surface area (Å²) in [7, 11) is 3.43. The molecule has 0 aliphatic carbocycles. The predicted molar refractivity (Wildman–Crippen MR) is 106 cm³/mol. The molecule has 2 aromatic heterocycles. The molecule has 0 amide bonds. The van der Waals surface area contributed by atoms with Crippen molar-refractivity contribution >= 4 is 0 Å². The number of hydrogen-bond acceptors (Lipinski definition) is 6. The lowest BCUT2D eigenvalue weighted by molar-refractivity contribution is 0.184. The first-order valence-corrected chi connectivity index (χ1v) is 9.50. The Morgan fingerprint density at radius 1 is 1.25 bits per heavy atom. The van der Waals surface area contributed by atoms with Gasteiger partial charge in [0.2, 0.25) is 0 Å². The van der Waals surface area contributed by atoms with Gasteiger partial charge in [-0.05, 0) is 49.2 Å². The van der Waals surface area contributed by atoms with Gasteiger partial charge in [-0.1, -0.05) is 6.07 Å². The Labute approximate surface area is 164 Å². The van der Waals surface area contributed by atoms with E-state index < -0.39 is 0 Å². The second-order valence-electron chi connectivity index (χ2n) is 6.99. The van der Waals surface area contributed by atoms with E-state index in [4.69, 9.17) is 14.5 Å². The van der Waals surface area contributed by atoms with Gasteiger partial charge in [-0.2, -0.15) is 5.10 Å². The van der Waals surface area contributed by atoms with Crippen molar-refractivity contribution in [3.8, 4) is 17.1 Å². The van der Waals surface area contributed by atoms with E-state index in [0.717, 1.165) is 54.2 Å². The zero-order valence-electron chi connectivity index (χ0n) is 16.3. The standard InChI is InChI=1S/C21H25N5O2/c1-27-14-15-7-8-19(28-2)17(11-15)13-26-10-4-6-18(26)21-23-20(24-25-21)16-5-3-9-22-12-16/h3,5,7-9,11-12,18H,4,6,10,13-14H2,1-2H3,(H,23,24,25). The molecule has 1 fully saturated rings. The zero-order valence-corrected chi connectivity index (χ0v) is 16.3. The molecule has 1 N–H and O–H groups in total. The van der Waals surface area contributed by atoms with Crippen LogP contribution in [0.5, 0.6) is 5.75 Å². The number of benzene rings is 1. The molecular formula is C21H25N5O2. The highest BCUT2D eigenvalue weighted by atomic mass is 16.5. The quantitative estimate of drug-likeness (QED) is 0.678. The largest absolute Gasteiger partial charge is 0.496 e. The Bertz CT molecular complexity index is 912. The van der Waals surface area contributed by atoms with Crippen molar-refractivity contribution in [2.24, 2.45) is 0 Å². The minimum atomic E-state index is 0.216. The van der Waals surface area contributed by atoms with Gasteiger partial charge in [0.05, 0.1) is 19.8 Å². The third kappa shape index (κ3) is 3.90. The lowest BCUT2D eigenvalue weighted by Gasteiger charge is -2.24. The second kappa shape index (κ2) is 8.50. The molecule has 1 saturated heterocycles. The summed E-state index contributed by atoms with van der Waals surface area (Å²) in [6.07, 6.45) is 5.72. The minimum absolute atomic E-state index is 0.216. The maximum atomic E-state index is 5.58. The van der Waals surface area contributed by atoms with E-state index in [1.807, 2.05) is 24.3 Å². The molecule has 3 aromatic rings. The topological polar surface area (TPSA) is 76.2 Å². The number of methoxy groups -OCH3 is 2. The maximum absolute atomic E-state index is 5.58. The summed E-state index contributed by atoms with van der Waals surface area (Å²) in [5.74, 6) is 2.50. The Morgan fingerprint density at radius 2 is 2.18 bits per heavy atom. The van der Waals surface area contributed by atoms with Crippen LogP contribution in [0.4, 0.5) is 0 Å². The van der Waals surface area contributed by atoms with Crippen LogP contribution in [-0.4, -0.2) is 45.8 Å². The Kier molecular flexibility index (Phi) is 5.64. The molecule has 28 heavy (non-hydrogen) atoms. The molecule has 7 nitrogen and oxygen atoms in total. The van der Waals surface area contributed by atoms with Crippen molar-refractivity contribution in [2.45, 2.75) is 32.0 Å². The zero-order chi connectivity index (χ0) is 19.3. The summed E-state index contributed by atoms with van der Waals surface area (Å²) in [5, 5.41) is 7.54. The predicted octanol–water partition coefficient (Wildman–Crippen LogP) is 3.36. The van der Waals surface area contributed by atoms with E-state index >= 15 is 0 Å². The normalized spacial score (nSPS) is 17.1. The summed E-state index contributed by atoms with van der Waals surface area (Å²) in [6, 6.07) is 10.3. The van der Waals surface area contributed by atoms with Gasteiger partial charge in [-0.15, -0.1) is 0 Å². The summed E-state index contributed by atoms with van der Waals surface area (Å²) in [6.45, 7) is 2.41. The van der Waals surface area contributed by atoms with Crippen LogP contribution in [0.25, 0.3) is 11.4 Å². The van der Waals surface area contributed by atoms with Crippen molar-refractivity contribution in [3.63, 3.8) is 0 Å². The van der Waals surface area contributed by atoms with Crippen LogP contribution in [0.3, 0.4) is 0 Å². The highest BCUT2D eigenvalue weighted by molar-refractivity contribution is 5.52. The molecule has 1 aromatic carbocycles. The van der Waals surface area contributed by atoms with Gasteiger partial charge < -0.3 is 9.47 Å². The summed E-state index contributed by atoms with van der Waals surface area (Å²) >= 11 is 0. The van der Waals surface area contributed by atoms with E-state index in [1.54, 1.807) is 26.6 Å². The number of nitrogens with one attached hydrogen (secondary N) is 1. The number of pyridine rings is 1. The number of aromatic nitrogens is 4. The molecule has 4 rings (SSSR count). The van der Waals surface area contributed by atoms with Gasteiger partial charge in [0.15, 0.2) is 5.82 Å². The Morgan fingerprint density at radius 3 is 2.96 bits per heavy atom. The number of ether oxygens (including phenoxy) is 2. The van der Waals surface area contributed by atoms with Crippen molar-refractivity contribution in [1.29, 1.82) is 0 Å². The smallest absolute Gasteiger partial charge is 0.182 e. The van der Waals surface area contributed by atoms with E-state index in [0.29, 0.717) is 12.4 Å². The van der Waals surface area contributed by atoms with E-state index in [9.17, 15) is 0 Å². The highest BCUT2D eigenvalue weighted by Crippen LogP contribution is 2.34. The van der Waals surface area contributed by atoms with Crippen molar-refractivity contribution in [2.75, 3.05) is 20.8 Å². The molecule has 0 bridgehead atoms. The first kappa shape index (κ1) is 18.6. The van der Waals surface area contributed by atoms with Crippen LogP contribution < -0.4 is 4.74 Å². The average molecular weight is 379 g/mol. The fourth-order valence-corrected chi connectivity index (χ4v) is 3.80. The summed E-state index contributed by atoms with van der Waals surface area (Å²) in [4.78, 5) is 11.3. The molecule has 1 aliphatic rings. The maximum Gasteiger partial charge on any atom is 0.182 e. The van der Waals surface area contributed by atoms with Gasteiger partial charge in [0, 0.05) is 37.2 Å². The van der Waals surface area contributed by atoms with Crippen LogP contribution >= 0.6 is 0 Å². The molecule has 1 unspecified atom stereocenters. The lowest BCUT2D eigenvalue weighted by Crippen LogP contribution is -2.24. The number of likely N-dealkylation sites (tertiary alicyclic amines) is 1. The number of hydrogen-bond donors (Lipinski definition) is 1. The summed E-state index contributed by atoms with van der Waals surface area (Å²) in [5.41, 5.74) is 3.23. The third-order valence-electron chi connectivity index (χ3n) is 5.13. The monoisotopic (exact) mass is 379 g/mol. The van der Waals surface area contributed by atoms with Crippen molar-refractivity contribution in [1.82, 2.24) is 25.1 Å². The fourth-order valence-electron chi connectivity index (χ4n) is 3.80. The first-order chi connectivity index (χ1) is 13.8. The van der Waals surface area contributed by atoms with E-state index in [1.165, 1.54) is 0 Å². The molecule has 146 valence electrons. The van der Waals surface area contributed by atoms with Gasteiger partial charge in [-0.25, -0.2) is 4.98 Å². The SMILES string of the molecule is COCc1ccc(OC)c(CN2CCCC2c2nc(-c3cccnc3)n[nH]2)c1. The van der Waals surface area contributed by atoms with Gasteiger partial charge in [0.25, 0.3) is 0 Å². The van der Waals surface area contributed by atoms with Crippen molar-refractivity contribution < 1.29 is 9.47 Å². The van der Waals surface area contributed by atoms with Gasteiger partial charge >= 0.3 is 0 Å². The minimum Gasteiger partial charge on any atom is -0.496 e. The molecule has 0 saturated carbocycles. The average Bonchev–Trinajstić information content (AvgIpc) is 3.38. The number of rotatable bonds is 7. The number of nitrogens with zero attached hydrogens (tertiary/aromatic N) is 4. The van der Waals surface area contributed by atoms with Crippen molar-refractivity contribution in [3.05, 3.63) is 59.7 Å². The Hall–Kier alpha value is -2.77. The second-order valence-corrected chi connectivity index (χ2v) is 6.99. The molecular weight excluding hydrogens is 354 g/mol. The van der Waals surface area contributed by atoms with Crippen LogP contribution in [0.1, 0.15) is 35.8 Å². The van der Waals surface area contributed by atoms with Gasteiger partial charge in [-0.3, -0.25) is 15.0 Å². The molecule has 0 spiro atoms. The molecule has 1 atom stereocenters. The van der Waals surface area contributed by atoms with Crippen LogP contribution in [0, 0.1) is 0 Å². The third-order valence-corrected chi connectivity index (χ3v) is 5.13.